The molecule has 2 aliphatic rings. The van der Waals surface area contributed by atoms with Crippen molar-refractivity contribution in [2.45, 2.75) is 57.9 Å². The summed E-state index contributed by atoms with van der Waals surface area (Å²) >= 11 is 1.77. The molecule has 2 amide bonds. The second-order valence-corrected chi connectivity index (χ2v) is 8.79. The molecule has 0 spiro atoms. The number of amides is 2. The number of carbonyl (C=O) groups excluding carboxylic acids is 2. The molecule has 1 atom stereocenters. The van der Waals surface area contributed by atoms with Gasteiger partial charge in [-0.25, -0.2) is 4.98 Å². The molecule has 1 fully saturated rings. The van der Waals surface area contributed by atoms with E-state index in [9.17, 15) is 9.59 Å². The number of aromatic nitrogens is 1. The minimum atomic E-state index is 0.134. The lowest BCUT2D eigenvalue weighted by Gasteiger charge is -2.31. The van der Waals surface area contributed by atoms with E-state index < -0.39 is 0 Å². The normalized spacial score (nSPS) is 19.0. The smallest absolute Gasteiger partial charge is 0.227 e. The van der Waals surface area contributed by atoms with Crippen LogP contribution >= 0.6 is 11.3 Å². The highest BCUT2D eigenvalue weighted by Crippen LogP contribution is 2.38. The van der Waals surface area contributed by atoms with E-state index in [1.165, 1.54) is 15.6 Å². The summed E-state index contributed by atoms with van der Waals surface area (Å²) in [7, 11) is 1.92. The van der Waals surface area contributed by atoms with Crippen molar-refractivity contribution in [1.29, 1.82) is 0 Å². The molecule has 0 unspecified atom stereocenters. The van der Waals surface area contributed by atoms with Crippen molar-refractivity contribution in [3.8, 4) is 0 Å². The third kappa shape index (κ3) is 3.70. The second-order valence-electron chi connectivity index (χ2n) is 7.68. The third-order valence-corrected chi connectivity index (χ3v) is 7.15. The van der Waals surface area contributed by atoms with Crippen LogP contribution in [0, 0.1) is 0 Å². The highest BCUT2D eigenvalue weighted by atomic mass is 32.1. The Bertz CT molecular complexity index is 874. The number of nitrogens with zero attached hydrogens (tertiary/aromatic N) is 3. The summed E-state index contributed by atoms with van der Waals surface area (Å²) in [4.78, 5) is 34.6. The molecule has 2 heterocycles. The summed E-state index contributed by atoms with van der Waals surface area (Å²) in [6.07, 6.45) is 6.01. The Kier molecular flexibility index (Phi) is 5.49. The average Bonchev–Trinajstić information content (AvgIpc) is 3.33. The van der Waals surface area contributed by atoms with Crippen molar-refractivity contribution < 1.29 is 9.59 Å². The topological polar surface area (TPSA) is 53.5 Å². The minimum absolute atomic E-state index is 0.134. The molecule has 0 bridgehead atoms. The Morgan fingerprint density at radius 2 is 2.04 bits per heavy atom. The van der Waals surface area contributed by atoms with E-state index in [4.69, 9.17) is 4.98 Å². The van der Waals surface area contributed by atoms with Crippen LogP contribution in [0.4, 0.5) is 5.69 Å². The first-order valence-corrected chi connectivity index (χ1v) is 11.0. The van der Waals surface area contributed by atoms with E-state index in [2.05, 4.69) is 6.92 Å². The number of rotatable bonds is 5. The first-order valence-electron chi connectivity index (χ1n) is 10.2. The molecule has 28 heavy (non-hydrogen) atoms. The maximum Gasteiger partial charge on any atom is 0.227 e. The zero-order valence-corrected chi connectivity index (χ0v) is 17.4. The van der Waals surface area contributed by atoms with Gasteiger partial charge in [-0.05, 0) is 49.8 Å². The van der Waals surface area contributed by atoms with E-state index in [1.807, 2.05) is 41.1 Å². The fourth-order valence-corrected chi connectivity index (χ4v) is 5.39. The maximum absolute atomic E-state index is 12.9. The molecule has 6 heteroatoms. The first-order chi connectivity index (χ1) is 13.6. The Balaban J connectivity index is 1.44. The van der Waals surface area contributed by atoms with Gasteiger partial charge < -0.3 is 9.80 Å². The van der Waals surface area contributed by atoms with Gasteiger partial charge >= 0.3 is 0 Å². The maximum atomic E-state index is 12.9. The Hall–Kier alpha value is -2.21. The first kappa shape index (κ1) is 19.1. The number of aryl methyl sites for hydroxylation is 2. The molecule has 4 rings (SSSR count). The Labute approximate surface area is 170 Å². The molecule has 2 aromatic rings. The Morgan fingerprint density at radius 3 is 2.71 bits per heavy atom. The van der Waals surface area contributed by atoms with Crippen molar-refractivity contribution >= 4 is 28.8 Å². The fourth-order valence-electron chi connectivity index (χ4n) is 4.16. The number of fused-ring (bicyclic) bond motifs is 1. The van der Waals surface area contributed by atoms with Gasteiger partial charge in [-0.2, -0.15) is 0 Å². The molecule has 1 aliphatic carbocycles. The summed E-state index contributed by atoms with van der Waals surface area (Å²) < 4.78 is 0. The van der Waals surface area contributed by atoms with Crippen molar-refractivity contribution in [3.63, 3.8) is 0 Å². The van der Waals surface area contributed by atoms with Gasteiger partial charge in [-0.15, -0.1) is 11.3 Å². The quantitative estimate of drug-likeness (QED) is 0.769. The van der Waals surface area contributed by atoms with Crippen molar-refractivity contribution in [3.05, 3.63) is 45.4 Å². The fraction of sp³-hybridized carbons (Fsp3) is 0.500. The number of benzene rings is 1. The molecule has 148 valence electrons. The Morgan fingerprint density at radius 1 is 1.25 bits per heavy atom. The summed E-state index contributed by atoms with van der Waals surface area (Å²) in [6.45, 7) is 2.92. The van der Waals surface area contributed by atoms with Gasteiger partial charge in [-0.1, -0.05) is 19.1 Å². The monoisotopic (exact) mass is 397 g/mol. The van der Waals surface area contributed by atoms with Gasteiger partial charge in [0, 0.05) is 25.7 Å². The lowest BCUT2D eigenvalue weighted by atomic mass is 9.96. The molecule has 1 saturated heterocycles. The van der Waals surface area contributed by atoms with Crippen LogP contribution in [-0.4, -0.2) is 35.3 Å². The lowest BCUT2D eigenvalue weighted by molar-refractivity contribution is -0.131. The third-order valence-electron chi connectivity index (χ3n) is 5.81. The highest BCUT2D eigenvalue weighted by Gasteiger charge is 2.30. The molecular formula is C22H27N3O2S. The largest absolute Gasteiger partial charge is 0.338 e. The predicted molar refractivity (Wildman–Crippen MR) is 112 cm³/mol. The van der Waals surface area contributed by atoms with Crippen LogP contribution in [0.1, 0.15) is 59.8 Å². The molecule has 1 aromatic carbocycles. The van der Waals surface area contributed by atoms with E-state index >= 15 is 0 Å². The van der Waals surface area contributed by atoms with Gasteiger partial charge in [0.05, 0.1) is 28.0 Å². The number of thiazole rings is 1. The molecule has 0 N–H and O–H groups in total. The molecule has 5 nitrogen and oxygen atoms in total. The summed E-state index contributed by atoms with van der Waals surface area (Å²) in [5.74, 6) is 0.321. The SMILES string of the molecule is CCc1nc2c(s1)[C@@H](N(C)C(=O)Cc1ccc(N3CCCC3=O)cc1)CCC2. The molecule has 1 aromatic heterocycles. The van der Waals surface area contributed by atoms with E-state index in [1.54, 1.807) is 11.3 Å². The molecule has 1 aliphatic heterocycles. The average molecular weight is 398 g/mol. The predicted octanol–water partition coefficient (Wildman–Crippen LogP) is 3.91. The van der Waals surface area contributed by atoms with Gasteiger partial charge in [0.1, 0.15) is 0 Å². The van der Waals surface area contributed by atoms with Crippen molar-refractivity contribution in [2.75, 3.05) is 18.5 Å². The summed E-state index contributed by atoms with van der Waals surface area (Å²) in [6, 6.07) is 8.01. The number of hydrogen-bond donors (Lipinski definition) is 0. The van der Waals surface area contributed by atoms with Gasteiger partial charge in [0.15, 0.2) is 0 Å². The number of anilines is 1. The molecular weight excluding hydrogens is 370 g/mol. The second kappa shape index (κ2) is 8.03. The number of carbonyl (C=O) groups is 2. The standard InChI is InChI=1S/C22H27N3O2S/c1-3-19-23-17-6-4-7-18(22(17)28-19)24(2)21(27)14-15-9-11-16(12-10-15)25-13-5-8-20(25)26/h9-12,18H,3-8,13-14H2,1-2H3/t18-/m0/s1. The van der Waals surface area contributed by atoms with Crippen LogP contribution in [0.15, 0.2) is 24.3 Å². The lowest BCUT2D eigenvalue weighted by Crippen LogP contribution is -2.33. The zero-order chi connectivity index (χ0) is 19.7. The van der Waals surface area contributed by atoms with Crippen molar-refractivity contribution in [2.24, 2.45) is 0 Å². The van der Waals surface area contributed by atoms with E-state index in [0.29, 0.717) is 12.8 Å². The molecule has 0 radical (unpaired) electrons. The van der Waals surface area contributed by atoms with E-state index in [0.717, 1.165) is 49.9 Å². The number of hydrogen-bond acceptors (Lipinski definition) is 4. The van der Waals surface area contributed by atoms with Crippen LogP contribution < -0.4 is 4.90 Å². The van der Waals surface area contributed by atoms with Crippen LogP contribution in [0.5, 0.6) is 0 Å². The van der Waals surface area contributed by atoms with Crippen LogP contribution in [0.25, 0.3) is 0 Å². The van der Waals surface area contributed by atoms with Crippen LogP contribution in [0.3, 0.4) is 0 Å². The van der Waals surface area contributed by atoms with Crippen LogP contribution in [0.2, 0.25) is 0 Å². The summed E-state index contributed by atoms with van der Waals surface area (Å²) in [5.41, 5.74) is 3.11. The van der Waals surface area contributed by atoms with Gasteiger partial charge in [0.25, 0.3) is 0 Å². The zero-order valence-electron chi connectivity index (χ0n) is 16.6. The van der Waals surface area contributed by atoms with Gasteiger partial charge in [0.2, 0.25) is 11.8 Å². The number of likely N-dealkylation sites (N-methyl/N-ethyl adjacent to an activating group) is 1. The van der Waals surface area contributed by atoms with Crippen LogP contribution in [-0.2, 0) is 28.9 Å². The van der Waals surface area contributed by atoms with E-state index in [-0.39, 0.29) is 17.9 Å². The summed E-state index contributed by atoms with van der Waals surface area (Å²) in [5, 5.41) is 1.17. The molecule has 0 saturated carbocycles. The van der Waals surface area contributed by atoms with Crippen molar-refractivity contribution in [1.82, 2.24) is 9.88 Å². The minimum Gasteiger partial charge on any atom is -0.338 e. The highest BCUT2D eigenvalue weighted by molar-refractivity contribution is 7.11. The van der Waals surface area contributed by atoms with Gasteiger partial charge in [-0.3, -0.25) is 9.59 Å².